The molecule has 0 unspecified atom stereocenters. The summed E-state index contributed by atoms with van der Waals surface area (Å²) in [6.07, 6.45) is 0.946. The van der Waals surface area contributed by atoms with Crippen molar-refractivity contribution in [2.45, 2.75) is 32.6 Å². The van der Waals surface area contributed by atoms with E-state index in [2.05, 4.69) is 53.6 Å². The van der Waals surface area contributed by atoms with Crippen molar-refractivity contribution in [3.8, 4) is 0 Å². The van der Waals surface area contributed by atoms with E-state index in [0.29, 0.717) is 5.82 Å². The van der Waals surface area contributed by atoms with E-state index >= 15 is 0 Å². The zero-order chi connectivity index (χ0) is 15.3. The minimum Gasteiger partial charge on any atom is -0.370 e. The molecule has 112 valence electrons. The fourth-order valence-electron chi connectivity index (χ4n) is 1.93. The highest BCUT2D eigenvalue weighted by Gasteiger charge is 2.18. The first-order valence-electron chi connectivity index (χ1n) is 7.13. The van der Waals surface area contributed by atoms with E-state index < -0.39 is 0 Å². The quantitative estimate of drug-likeness (QED) is 0.582. The molecule has 1 heterocycles. The molecular formula is C16H23N5. The lowest BCUT2D eigenvalue weighted by molar-refractivity contribution is 0.546. The van der Waals surface area contributed by atoms with Gasteiger partial charge in [0.25, 0.3) is 0 Å². The Hall–Kier alpha value is -2.14. The highest BCUT2D eigenvalue weighted by molar-refractivity contribution is 5.47. The third-order valence-electron chi connectivity index (χ3n) is 3.11. The Morgan fingerprint density at radius 3 is 2.33 bits per heavy atom. The minimum absolute atomic E-state index is 0.122. The SMILES string of the molecule is CC(C)(C)c1nc(NN)cc(NCCc2ccccc2)n1. The lowest BCUT2D eigenvalue weighted by Crippen LogP contribution is -2.20. The molecule has 0 aliphatic heterocycles. The van der Waals surface area contributed by atoms with Crippen molar-refractivity contribution in [3.63, 3.8) is 0 Å². The molecule has 5 nitrogen and oxygen atoms in total. The highest BCUT2D eigenvalue weighted by Crippen LogP contribution is 2.21. The molecule has 0 fully saturated rings. The van der Waals surface area contributed by atoms with E-state index in [1.54, 1.807) is 0 Å². The van der Waals surface area contributed by atoms with Crippen LogP contribution in [0, 0.1) is 0 Å². The average Bonchev–Trinajstić information content (AvgIpc) is 2.47. The van der Waals surface area contributed by atoms with Crippen LogP contribution in [0.5, 0.6) is 0 Å². The zero-order valence-electron chi connectivity index (χ0n) is 12.9. The fraction of sp³-hybridized carbons (Fsp3) is 0.375. The van der Waals surface area contributed by atoms with Crippen molar-refractivity contribution >= 4 is 11.6 Å². The molecule has 0 aliphatic rings. The number of anilines is 2. The number of nitrogens with one attached hydrogen (secondary N) is 2. The molecule has 0 radical (unpaired) electrons. The maximum Gasteiger partial charge on any atom is 0.145 e. The second kappa shape index (κ2) is 6.54. The summed E-state index contributed by atoms with van der Waals surface area (Å²) in [5.41, 5.74) is 3.77. The van der Waals surface area contributed by atoms with Crippen LogP contribution in [-0.4, -0.2) is 16.5 Å². The molecule has 0 saturated carbocycles. The number of nitrogen functional groups attached to an aromatic ring is 1. The van der Waals surface area contributed by atoms with Gasteiger partial charge in [0.2, 0.25) is 0 Å². The van der Waals surface area contributed by atoms with Crippen molar-refractivity contribution in [1.82, 2.24) is 9.97 Å². The molecule has 0 aliphatic carbocycles. The molecular weight excluding hydrogens is 262 g/mol. The summed E-state index contributed by atoms with van der Waals surface area (Å²) in [7, 11) is 0. The lowest BCUT2D eigenvalue weighted by Gasteiger charge is -2.18. The molecule has 1 aromatic carbocycles. The molecule has 0 atom stereocenters. The Morgan fingerprint density at radius 1 is 1.05 bits per heavy atom. The van der Waals surface area contributed by atoms with Crippen molar-refractivity contribution < 1.29 is 0 Å². The van der Waals surface area contributed by atoms with Gasteiger partial charge in [0.1, 0.15) is 17.5 Å². The molecule has 5 heteroatoms. The average molecular weight is 285 g/mol. The number of nitrogens with two attached hydrogens (primary N) is 1. The molecule has 0 spiro atoms. The number of hydrogen-bond acceptors (Lipinski definition) is 5. The molecule has 4 N–H and O–H groups in total. The number of aromatic nitrogens is 2. The number of hydrogen-bond donors (Lipinski definition) is 3. The second-order valence-electron chi connectivity index (χ2n) is 6.02. The van der Waals surface area contributed by atoms with Crippen LogP contribution >= 0.6 is 0 Å². The van der Waals surface area contributed by atoms with E-state index in [9.17, 15) is 0 Å². The van der Waals surface area contributed by atoms with Gasteiger partial charge in [-0.05, 0) is 12.0 Å². The summed E-state index contributed by atoms with van der Waals surface area (Å²) in [5, 5.41) is 3.33. The summed E-state index contributed by atoms with van der Waals surface area (Å²) in [6, 6.07) is 12.2. The zero-order valence-corrected chi connectivity index (χ0v) is 12.9. The van der Waals surface area contributed by atoms with Crippen molar-refractivity contribution in [3.05, 3.63) is 47.8 Å². The molecule has 2 aromatic rings. The molecule has 21 heavy (non-hydrogen) atoms. The number of hydrazine groups is 1. The van der Waals surface area contributed by atoms with Crippen LogP contribution in [-0.2, 0) is 11.8 Å². The first-order chi connectivity index (χ1) is 9.99. The Balaban J connectivity index is 2.05. The van der Waals surface area contributed by atoms with Gasteiger partial charge >= 0.3 is 0 Å². The predicted molar refractivity (Wildman–Crippen MR) is 87.2 cm³/mol. The number of nitrogens with zero attached hydrogens (tertiary/aromatic N) is 2. The van der Waals surface area contributed by atoms with E-state index in [1.807, 2.05) is 24.3 Å². The third kappa shape index (κ3) is 4.43. The smallest absolute Gasteiger partial charge is 0.145 e. The monoisotopic (exact) mass is 285 g/mol. The third-order valence-corrected chi connectivity index (χ3v) is 3.11. The summed E-state index contributed by atoms with van der Waals surface area (Å²) in [6.45, 7) is 7.05. The largest absolute Gasteiger partial charge is 0.370 e. The summed E-state index contributed by atoms with van der Waals surface area (Å²) in [4.78, 5) is 8.97. The Labute approximate surface area is 126 Å². The highest BCUT2D eigenvalue weighted by atomic mass is 15.3. The maximum absolute atomic E-state index is 5.48. The van der Waals surface area contributed by atoms with Crippen LogP contribution in [0.25, 0.3) is 0 Å². The van der Waals surface area contributed by atoms with Crippen LogP contribution in [0.3, 0.4) is 0 Å². The lowest BCUT2D eigenvalue weighted by atomic mass is 9.96. The van der Waals surface area contributed by atoms with Gasteiger partial charge < -0.3 is 10.7 Å². The normalized spacial score (nSPS) is 11.2. The maximum atomic E-state index is 5.48. The molecule has 0 bridgehead atoms. The van der Waals surface area contributed by atoms with Crippen LogP contribution in [0.15, 0.2) is 36.4 Å². The topological polar surface area (TPSA) is 75.9 Å². The van der Waals surface area contributed by atoms with Gasteiger partial charge in [-0.3, -0.25) is 0 Å². The van der Waals surface area contributed by atoms with Gasteiger partial charge in [-0.15, -0.1) is 0 Å². The van der Waals surface area contributed by atoms with Crippen LogP contribution in [0.4, 0.5) is 11.6 Å². The van der Waals surface area contributed by atoms with Gasteiger partial charge in [-0.2, -0.15) is 0 Å². The van der Waals surface area contributed by atoms with Crippen molar-refractivity contribution in [2.24, 2.45) is 5.84 Å². The Kier molecular flexibility index (Phi) is 4.75. The molecule has 1 aromatic heterocycles. The minimum atomic E-state index is -0.122. The first-order valence-corrected chi connectivity index (χ1v) is 7.13. The van der Waals surface area contributed by atoms with Gasteiger partial charge in [0, 0.05) is 18.0 Å². The predicted octanol–water partition coefficient (Wildman–Crippen LogP) is 2.71. The fourth-order valence-corrected chi connectivity index (χ4v) is 1.93. The van der Waals surface area contributed by atoms with E-state index in [0.717, 1.165) is 24.6 Å². The Bertz CT molecular complexity index is 575. The number of benzene rings is 1. The van der Waals surface area contributed by atoms with Crippen LogP contribution in [0.1, 0.15) is 32.2 Å². The standard InChI is InChI=1S/C16H23N5/c1-16(2,3)15-19-13(11-14(20-15)21-17)18-10-9-12-7-5-4-6-8-12/h4-8,11H,9-10,17H2,1-3H3,(H2,18,19,20,21). The van der Waals surface area contributed by atoms with Crippen molar-refractivity contribution in [1.29, 1.82) is 0 Å². The summed E-state index contributed by atoms with van der Waals surface area (Å²) >= 11 is 0. The van der Waals surface area contributed by atoms with Crippen LogP contribution in [0.2, 0.25) is 0 Å². The number of rotatable bonds is 5. The molecule has 0 amide bonds. The van der Waals surface area contributed by atoms with E-state index in [1.165, 1.54) is 5.56 Å². The first kappa shape index (κ1) is 15.3. The van der Waals surface area contributed by atoms with Gasteiger partial charge in [0.15, 0.2) is 0 Å². The second-order valence-corrected chi connectivity index (χ2v) is 6.02. The Morgan fingerprint density at radius 2 is 1.71 bits per heavy atom. The van der Waals surface area contributed by atoms with E-state index in [-0.39, 0.29) is 5.41 Å². The molecule has 0 saturated heterocycles. The van der Waals surface area contributed by atoms with Gasteiger partial charge in [-0.25, -0.2) is 15.8 Å². The van der Waals surface area contributed by atoms with Gasteiger partial charge in [-0.1, -0.05) is 51.1 Å². The van der Waals surface area contributed by atoms with Crippen LogP contribution < -0.4 is 16.6 Å². The van der Waals surface area contributed by atoms with Gasteiger partial charge in [0.05, 0.1) is 0 Å². The van der Waals surface area contributed by atoms with E-state index in [4.69, 9.17) is 5.84 Å². The van der Waals surface area contributed by atoms with Crippen molar-refractivity contribution in [2.75, 3.05) is 17.3 Å². The summed E-state index contributed by atoms with van der Waals surface area (Å²) < 4.78 is 0. The summed E-state index contributed by atoms with van der Waals surface area (Å²) in [5.74, 6) is 7.66. The molecule has 2 rings (SSSR count).